The molecule has 0 aliphatic carbocycles. The Labute approximate surface area is 252 Å². The Balaban J connectivity index is 1.34. The molecule has 5 rings (SSSR count). The van der Waals surface area contributed by atoms with Crippen LogP contribution in [-0.2, 0) is 33.5 Å². The molecule has 0 spiro atoms. The molecule has 2 aliphatic rings. The first-order chi connectivity index (χ1) is 20.4. The average Bonchev–Trinajstić information content (AvgIpc) is 3.13. The fraction of sp³-hybridized carbons (Fsp3) is 0.364. The van der Waals surface area contributed by atoms with E-state index >= 15 is 0 Å². The second-order valence-corrected chi connectivity index (χ2v) is 10.9. The fourth-order valence-corrected chi connectivity index (χ4v) is 5.52. The Kier molecular flexibility index (Phi) is 9.89. The third-order valence-corrected chi connectivity index (χ3v) is 7.93. The quantitative estimate of drug-likeness (QED) is 0.332. The van der Waals surface area contributed by atoms with E-state index in [0.717, 1.165) is 42.6 Å². The molecule has 220 valence electrons. The summed E-state index contributed by atoms with van der Waals surface area (Å²) in [7, 11) is 0. The Morgan fingerprint density at radius 2 is 1.81 bits per heavy atom. The summed E-state index contributed by atoms with van der Waals surface area (Å²) in [6.07, 6.45) is 1.89. The zero-order valence-electron chi connectivity index (χ0n) is 24.1. The summed E-state index contributed by atoms with van der Waals surface area (Å²) in [4.78, 5) is 32.9. The molecule has 9 heteroatoms. The summed E-state index contributed by atoms with van der Waals surface area (Å²) >= 11 is 6.38. The van der Waals surface area contributed by atoms with Gasteiger partial charge in [0.05, 0.1) is 24.6 Å². The number of carbonyl (C=O) groups excluding carboxylic acids is 2. The molecule has 42 heavy (non-hydrogen) atoms. The standard InChI is InChI=1S/C33H37ClN4O4/c1-3-23-6-5-22(19-24(23)4-2)20-30-32(39)37-29-12-9-26(34)21-28(29)31(36-30)25-7-10-27(11-8-25)35-33(40)42-18-15-38-13-16-41-17-14-38/h5-12,19,21,30H,3-4,13-18,20H2,1-2H3,(H,35,40)(H,37,39). The lowest BCUT2D eigenvalue weighted by Gasteiger charge is -2.26. The van der Waals surface area contributed by atoms with Crippen molar-refractivity contribution < 1.29 is 19.1 Å². The summed E-state index contributed by atoms with van der Waals surface area (Å²) in [5.41, 5.74) is 7.17. The lowest BCUT2D eigenvalue weighted by atomic mass is 9.96. The lowest BCUT2D eigenvalue weighted by molar-refractivity contribution is -0.117. The highest BCUT2D eigenvalue weighted by atomic mass is 35.5. The van der Waals surface area contributed by atoms with Gasteiger partial charge in [0.25, 0.3) is 0 Å². The van der Waals surface area contributed by atoms with Gasteiger partial charge in [0, 0.05) is 47.9 Å². The van der Waals surface area contributed by atoms with Crippen molar-refractivity contribution >= 4 is 40.7 Å². The highest BCUT2D eigenvalue weighted by Crippen LogP contribution is 2.29. The number of hydrogen-bond donors (Lipinski definition) is 2. The summed E-state index contributed by atoms with van der Waals surface area (Å²) < 4.78 is 10.7. The van der Waals surface area contributed by atoms with Crippen LogP contribution < -0.4 is 10.6 Å². The molecule has 2 N–H and O–H groups in total. The fourth-order valence-electron chi connectivity index (χ4n) is 5.35. The van der Waals surface area contributed by atoms with Gasteiger partial charge in [-0.25, -0.2) is 4.79 Å². The third-order valence-electron chi connectivity index (χ3n) is 7.69. The number of rotatable bonds is 9. The number of aryl methyl sites for hydroxylation is 2. The molecule has 3 aromatic rings. The van der Waals surface area contributed by atoms with E-state index in [1.807, 2.05) is 24.3 Å². The first-order valence-electron chi connectivity index (χ1n) is 14.6. The molecular formula is C33H37ClN4O4. The lowest BCUT2D eigenvalue weighted by Crippen LogP contribution is -2.38. The molecule has 1 atom stereocenters. The Morgan fingerprint density at radius 1 is 1.05 bits per heavy atom. The predicted molar refractivity (Wildman–Crippen MR) is 167 cm³/mol. The van der Waals surface area contributed by atoms with Crippen LogP contribution in [0.15, 0.2) is 65.7 Å². The van der Waals surface area contributed by atoms with Crippen molar-refractivity contribution in [2.75, 3.05) is 50.1 Å². The van der Waals surface area contributed by atoms with Crippen molar-refractivity contribution in [3.05, 3.63) is 93.5 Å². The predicted octanol–water partition coefficient (Wildman–Crippen LogP) is 5.75. The van der Waals surface area contributed by atoms with E-state index in [4.69, 9.17) is 26.1 Å². The average molecular weight is 589 g/mol. The maximum atomic E-state index is 13.4. The van der Waals surface area contributed by atoms with Gasteiger partial charge in [-0.15, -0.1) is 0 Å². The summed E-state index contributed by atoms with van der Waals surface area (Å²) in [6, 6.07) is 18.6. The number of halogens is 1. The van der Waals surface area contributed by atoms with E-state index in [0.29, 0.717) is 54.9 Å². The molecule has 1 unspecified atom stereocenters. The minimum atomic E-state index is -0.623. The molecule has 2 aliphatic heterocycles. The number of carbonyl (C=O) groups is 2. The molecule has 0 bridgehead atoms. The Hall–Kier alpha value is -3.72. The van der Waals surface area contributed by atoms with Gasteiger partial charge >= 0.3 is 6.09 Å². The van der Waals surface area contributed by atoms with Crippen LogP contribution in [0.2, 0.25) is 5.02 Å². The zero-order chi connectivity index (χ0) is 29.5. The number of morpholine rings is 1. The molecule has 3 aromatic carbocycles. The number of benzodiazepines with no additional fused rings is 1. The monoisotopic (exact) mass is 588 g/mol. The van der Waals surface area contributed by atoms with Gasteiger partial charge in [0.1, 0.15) is 12.6 Å². The van der Waals surface area contributed by atoms with Crippen LogP contribution in [0.3, 0.4) is 0 Å². The second kappa shape index (κ2) is 14.0. The smallest absolute Gasteiger partial charge is 0.411 e. The van der Waals surface area contributed by atoms with Gasteiger partial charge in [-0.05, 0) is 59.9 Å². The molecule has 0 radical (unpaired) electrons. The van der Waals surface area contributed by atoms with Crippen molar-refractivity contribution in [2.24, 2.45) is 4.99 Å². The molecule has 1 fully saturated rings. The van der Waals surface area contributed by atoms with E-state index in [-0.39, 0.29) is 5.91 Å². The SMILES string of the molecule is CCc1ccc(CC2N=C(c3ccc(NC(=O)OCCN4CCOCC4)cc3)c3cc(Cl)ccc3NC2=O)cc1CC. The van der Waals surface area contributed by atoms with Crippen LogP contribution in [0.25, 0.3) is 0 Å². The van der Waals surface area contributed by atoms with Crippen LogP contribution in [0.4, 0.5) is 16.2 Å². The summed E-state index contributed by atoms with van der Waals surface area (Å²) in [6.45, 7) is 8.39. The zero-order valence-corrected chi connectivity index (χ0v) is 24.9. The van der Waals surface area contributed by atoms with Gasteiger partial charge in [-0.2, -0.15) is 0 Å². The topological polar surface area (TPSA) is 92.3 Å². The van der Waals surface area contributed by atoms with Gasteiger partial charge in [-0.1, -0.05) is 55.8 Å². The van der Waals surface area contributed by atoms with Crippen LogP contribution >= 0.6 is 11.6 Å². The minimum Gasteiger partial charge on any atom is -0.448 e. The summed E-state index contributed by atoms with van der Waals surface area (Å²) in [5, 5.41) is 6.39. The van der Waals surface area contributed by atoms with Gasteiger partial charge < -0.3 is 14.8 Å². The van der Waals surface area contributed by atoms with Crippen molar-refractivity contribution in [3.8, 4) is 0 Å². The minimum absolute atomic E-state index is 0.163. The van der Waals surface area contributed by atoms with E-state index in [2.05, 4.69) is 47.6 Å². The number of anilines is 2. The normalized spacial score (nSPS) is 17.1. The van der Waals surface area contributed by atoms with Crippen molar-refractivity contribution in [2.45, 2.75) is 39.2 Å². The number of fused-ring (bicyclic) bond motifs is 1. The summed E-state index contributed by atoms with van der Waals surface area (Å²) in [5.74, 6) is -0.163. The van der Waals surface area contributed by atoms with Crippen molar-refractivity contribution in [1.29, 1.82) is 0 Å². The van der Waals surface area contributed by atoms with E-state index in [1.54, 1.807) is 18.2 Å². The van der Waals surface area contributed by atoms with Gasteiger partial charge in [0.15, 0.2) is 0 Å². The highest BCUT2D eigenvalue weighted by Gasteiger charge is 2.26. The first kappa shape index (κ1) is 29.8. The number of nitrogens with one attached hydrogen (secondary N) is 2. The van der Waals surface area contributed by atoms with Crippen LogP contribution in [-0.4, -0.2) is 68.1 Å². The largest absolute Gasteiger partial charge is 0.448 e. The molecule has 1 saturated heterocycles. The highest BCUT2D eigenvalue weighted by molar-refractivity contribution is 6.32. The Morgan fingerprint density at radius 3 is 2.55 bits per heavy atom. The molecule has 0 saturated carbocycles. The maximum absolute atomic E-state index is 13.4. The van der Waals surface area contributed by atoms with Crippen molar-refractivity contribution in [3.63, 3.8) is 0 Å². The number of ether oxygens (including phenoxy) is 2. The van der Waals surface area contributed by atoms with E-state index in [1.165, 1.54) is 11.1 Å². The number of nitrogens with zero attached hydrogens (tertiary/aromatic N) is 2. The number of amides is 2. The number of hydrogen-bond acceptors (Lipinski definition) is 6. The van der Waals surface area contributed by atoms with Crippen LogP contribution in [0, 0.1) is 0 Å². The second-order valence-electron chi connectivity index (χ2n) is 10.5. The molecule has 2 heterocycles. The Bertz CT molecular complexity index is 1450. The molecule has 2 amide bonds. The number of benzene rings is 3. The van der Waals surface area contributed by atoms with Crippen LogP contribution in [0.5, 0.6) is 0 Å². The molecule has 0 aromatic heterocycles. The van der Waals surface area contributed by atoms with Crippen LogP contribution in [0.1, 0.15) is 41.7 Å². The van der Waals surface area contributed by atoms with E-state index < -0.39 is 12.1 Å². The number of aliphatic imine (C=N–C) groups is 1. The first-order valence-corrected chi connectivity index (χ1v) is 14.9. The molecule has 8 nitrogen and oxygen atoms in total. The third kappa shape index (κ3) is 7.37. The van der Waals surface area contributed by atoms with Gasteiger partial charge in [-0.3, -0.25) is 20.0 Å². The molecular weight excluding hydrogens is 552 g/mol. The maximum Gasteiger partial charge on any atom is 0.411 e. The van der Waals surface area contributed by atoms with Crippen molar-refractivity contribution in [1.82, 2.24) is 4.90 Å². The van der Waals surface area contributed by atoms with Gasteiger partial charge in [0.2, 0.25) is 5.91 Å². The van der Waals surface area contributed by atoms with E-state index in [9.17, 15) is 9.59 Å².